The van der Waals surface area contributed by atoms with E-state index in [2.05, 4.69) is 49.3 Å². The Hall–Kier alpha value is -1.31. The molecule has 6 heteroatoms. The van der Waals surface area contributed by atoms with E-state index in [0.29, 0.717) is 25.0 Å². The Morgan fingerprint density at radius 3 is 2.61 bits per heavy atom. The zero-order valence-corrected chi connectivity index (χ0v) is 19.9. The van der Waals surface area contributed by atoms with E-state index in [1.54, 1.807) is 0 Å². The fraction of sp³-hybridized carbons (Fsp3) is 0.636. The molecule has 1 aliphatic rings. The van der Waals surface area contributed by atoms with Crippen molar-refractivity contribution >= 4 is 35.8 Å². The number of amides is 1. The maximum Gasteiger partial charge on any atom is 0.222 e. The number of carbonyl (C=O) groups excluding carboxylic acids is 1. The molecule has 0 saturated heterocycles. The molecule has 1 aromatic carbocycles. The van der Waals surface area contributed by atoms with Crippen molar-refractivity contribution in [3.63, 3.8) is 0 Å². The first-order chi connectivity index (χ1) is 13.0. The van der Waals surface area contributed by atoms with Crippen molar-refractivity contribution in [2.45, 2.75) is 71.9 Å². The lowest BCUT2D eigenvalue weighted by atomic mass is 9.99. The van der Waals surface area contributed by atoms with Crippen molar-refractivity contribution in [3.05, 3.63) is 35.4 Å². The van der Waals surface area contributed by atoms with Crippen molar-refractivity contribution in [1.82, 2.24) is 10.2 Å². The zero-order chi connectivity index (χ0) is 19.6. The summed E-state index contributed by atoms with van der Waals surface area (Å²) in [7, 11) is 0. The molecule has 0 fully saturated rings. The number of benzene rings is 1. The number of fused-ring (bicyclic) bond motifs is 1. The third-order valence-electron chi connectivity index (χ3n) is 5.13. The smallest absolute Gasteiger partial charge is 0.222 e. The van der Waals surface area contributed by atoms with Crippen LogP contribution in [-0.2, 0) is 17.8 Å². The molecule has 28 heavy (non-hydrogen) atoms. The van der Waals surface area contributed by atoms with Crippen molar-refractivity contribution in [2.24, 2.45) is 16.6 Å². The van der Waals surface area contributed by atoms with Crippen molar-refractivity contribution in [1.29, 1.82) is 0 Å². The van der Waals surface area contributed by atoms with Crippen LogP contribution in [0.5, 0.6) is 0 Å². The number of nitrogens with zero attached hydrogens (tertiary/aromatic N) is 2. The van der Waals surface area contributed by atoms with E-state index in [4.69, 9.17) is 5.73 Å². The van der Waals surface area contributed by atoms with Crippen LogP contribution in [0, 0.1) is 5.92 Å². The van der Waals surface area contributed by atoms with Crippen LogP contribution in [0.15, 0.2) is 29.3 Å². The van der Waals surface area contributed by atoms with Crippen LogP contribution in [0.25, 0.3) is 0 Å². The van der Waals surface area contributed by atoms with Gasteiger partial charge in [-0.2, -0.15) is 0 Å². The van der Waals surface area contributed by atoms with Gasteiger partial charge in [-0.05, 0) is 43.2 Å². The third kappa shape index (κ3) is 8.80. The highest BCUT2D eigenvalue weighted by Gasteiger charge is 2.19. The Labute approximate surface area is 187 Å². The van der Waals surface area contributed by atoms with Crippen molar-refractivity contribution < 1.29 is 4.79 Å². The van der Waals surface area contributed by atoms with Gasteiger partial charge in [0.05, 0.1) is 0 Å². The van der Waals surface area contributed by atoms with Gasteiger partial charge in [0, 0.05) is 32.1 Å². The van der Waals surface area contributed by atoms with E-state index in [0.717, 1.165) is 38.3 Å². The lowest BCUT2D eigenvalue weighted by molar-refractivity contribution is -0.132. The number of hydrogen-bond acceptors (Lipinski definition) is 2. The summed E-state index contributed by atoms with van der Waals surface area (Å²) in [5.41, 5.74) is 8.60. The Morgan fingerprint density at radius 1 is 1.18 bits per heavy atom. The fourth-order valence-corrected chi connectivity index (χ4v) is 3.50. The summed E-state index contributed by atoms with van der Waals surface area (Å²) in [6, 6.07) is 8.72. The van der Waals surface area contributed by atoms with Crippen molar-refractivity contribution in [2.75, 3.05) is 13.1 Å². The predicted octanol–water partition coefficient (Wildman–Crippen LogP) is 4.09. The molecule has 1 aromatic rings. The molecule has 0 saturated carbocycles. The van der Waals surface area contributed by atoms with Gasteiger partial charge in [-0.3, -0.25) is 9.79 Å². The topological polar surface area (TPSA) is 70.7 Å². The zero-order valence-electron chi connectivity index (χ0n) is 17.6. The van der Waals surface area contributed by atoms with Gasteiger partial charge in [0.15, 0.2) is 5.96 Å². The van der Waals surface area contributed by atoms with E-state index in [9.17, 15) is 4.79 Å². The highest BCUT2D eigenvalue weighted by atomic mass is 127. The van der Waals surface area contributed by atoms with Gasteiger partial charge < -0.3 is 16.0 Å². The summed E-state index contributed by atoms with van der Waals surface area (Å²) in [6.45, 7) is 8.77. The number of rotatable bonds is 9. The normalized spacial score (nSPS) is 15.0. The molecule has 1 heterocycles. The minimum absolute atomic E-state index is 0. The monoisotopic (exact) mass is 500 g/mol. The maximum absolute atomic E-state index is 12.4. The first kappa shape index (κ1) is 24.7. The molecule has 1 aliphatic heterocycles. The molecular weight excluding hydrogens is 463 g/mol. The Morgan fingerprint density at radius 2 is 1.89 bits per heavy atom. The van der Waals surface area contributed by atoms with Crippen LogP contribution in [0.1, 0.15) is 64.0 Å². The van der Waals surface area contributed by atoms with Crippen molar-refractivity contribution in [3.8, 4) is 0 Å². The van der Waals surface area contributed by atoms with Gasteiger partial charge in [-0.15, -0.1) is 24.0 Å². The molecule has 0 aliphatic carbocycles. The molecule has 2 rings (SSSR count). The first-order valence-corrected chi connectivity index (χ1v) is 10.4. The second-order valence-electron chi connectivity index (χ2n) is 8.07. The van der Waals surface area contributed by atoms with Gasteiger partial charge >= 0.3 is 0 Å². The molecule has 5 nitrogen and oxygen atoms in total. The van der Waals surface area contributed by atoms with E-state index < -0.39 is 0 Å². The molecule has 1 amide bonds. The van der Waals surface area contributed by atoms with Crippen LogP contribution in [-0.4, -0.2) is 35.9 Å². The SMILES string of the molecule is CC(C)CCCC(C)NC(N)=NCCCC(=O)N1CCc2ccccc2C1.I. The Balaban J connectivity index is 0.00000392. The van der Waals surface area contributed by atoms with Gasteiger partial charge in [0.1, 0.15) is 0 Å². The van der Waals surface area contributed by atoms with Crippen LogP contribution < -0.4 is 11.1 Å². The first-order valence-electron chi connectivity index (χ1n) is 10.4. The molecule has 158 valence electrons. The largest absolute Gasteiger partial charge is 0.370 e. The standard InChI is InChI=1S/C22H36N4O.HI/c1-17(2)8-6-9-18(3)25-22(23)24-14-7-12-21(27)26-15-13-19-10-4-5-11-20(19)16-26;/h4-5,10-11,17-18H,6-9,12-16H2,1-3H3,(H3,23,24,25);1H. The number of carbonyl (C=O) groups is 1. The highest BCUT2D eigenvalue weighted by Crippen LogP contribution is 2.19. The summed E-state index contributed by atoms with van der Waals surface area (Å²) in [4.78, 5) is 18.8. The molecular formula is C22H37IN4O. The van der Waals surface area contributed by atoms with E-state index in [1.807, 2.05) is 11.0 Å². The predicted molar refractivity (Wildman–Crippen MR) is 128 cm³/mol. The van der Waals surface area contributed by atoms with Crippen LogP contribution in [0.3, 0.4) is 0 Å². The molecule has 0 spiro atoms. The van der Waals surface area contributed by atoms with Gasteiger partial charge in [0.2, 0.25) is 5.91 Å². The molecule has 0 aromatic heterocycles. The van der Waals surface area contributed by atoms with Crippen LogP contribution in [0.2, 0.25) is 0 Å². The van der Waals surface area contributed by atoms with Crippen LogP contribution >= 0.6 is 24.0 Å². The van der Waals surface area contributed by atoms with E-state index in [-0.39, 0.29) is 29.9 Å². The Kier molecular flexibility index (Phi) is 11.5. The number of halogens is 1. The van der Waals surface area contributed by atoms with Gasteiger partial charge in [0.25, 0.3) is 0 Å². The molecule has 3 N–H and O–H groups in total. The summed E-state index contributed by atoms with van der Waals surface area (Å²) in [5.74, 6) is 1.45. The second kappa shape index (κ2) is 13.0. The number of guanidine groups is 1. The minimum atomic E-state index is 0. The van der Waals surface area contributed by atoms with Gasteiger partial charge in [-0.1, -0.05) is 51.0 Å². The quantitative estimate of drug-likeness (QED) is 0.232. The Bertz CT molecular complexity index is 633. The average molecular weight is 500 g/mol. The average Bonchev–Trinajstić information content (AvgIpc) is 2.64. The third-order valence-corrected chi connectivity index (χ3v) is 5.13. The summed E-state index contributed by atoms with van der Waals surface area (Å²) >= 11 is 0. The second-order valence-corrected chi connectivity index (χ2v) is 8.07. The summed E-state index contributed by atoms with van der Waals surface area (Å²) in [5, 5.41) is 3.25. The lowest BCUT2D eigenvalue weighted by Crippen LogP contribution is -2.38. The molecule has 0 bridgehead atoms. The van der Waals surface area contributed by atoms with Crippen LogP contribution in [0.4, 0.5) is 0 Å². The maximum atomic E-state index is 12.4. The van der Waals surface area contributed by atoms with Gasteiger partial charge in [-0.25, -0.2) is 0 Å². The minimum Gasteiger partial charge on any atom is -0.370 e. The fourth-order valence-electron chi connectivity index (χ4n) is 3.50. The van der Waals surface area contributed by atoms with E-state index >= 15 is 0 Å². The highest BCUT2D eigenvalue weighted by molar-refractivity contribution is 14.0. The lowest BCUT2D eigenvalue weighted by Gasteiger charge is -2.28. The summed E-state index contributed by atoms with van der Waals surface area (Å²) < 4.78 is 0. The van der Waals surface area contributed by atoms with E-state index in [1.165, 1.54) is 24.0 Å². The molecule has 1 unspecified atom stereocenters. The number of nitrogens with two attached hydrogens (primary N) is 1. The molecule has 0 radical (unpaired) electrons. The summed E-state index contributed by atoms with van der Waals surface area (Å²) in [6.07, 6.45) is 5.76. The molecule has 1 atom stereocenters. The number of aliphatic imine (C=N–C) groups is 1. The number of nitrogens with one attached hydrogen (secondary N) is 1. The number of hydrogen-bond donors (Lipinski definition) is 2.